The van der Waals surface area contributed by atoms with Gasteiger partial charge in [-0.15, -0.1) is 0 Å². The van der Waals surface area contributed by atoms with Gasteiger partial charge in [-0.3, -0.25) is 4.79 Å². The number of hydrogen-bond acceptors (Lipinski definition) is 4. The summed E-state index contributed by atoms with van der Waals surface area (Å²) < 4.78 is 7.17. The second-order valence-corrected chi connectivity index (χ2v) is 7.21. The third kappa shape index (κ3) is 3.90. The Balaban J connectivity index is 1.31. The van der Waals surface area contributed by atoms with E-state index in [2.05, 4.69) is 10.3 Å². The second kappa shape index (κ2) is 7.56. The highest BCUT2D eigenvalue weighted by Gasteiger charge is 2.28. The zero-order chi connectivity index (χ0) is 18.8. The number of carbonyl (C=O) groups excluding carboxylic acids is 2. The van der Waals surface area contributed by atoms with E-state index in [1.54, 1.807) is 6.20 Å². The lowest BCUT2D eigenvalue weighted by Gasteiger charge is -2.37. The molecule has 8 nitrogen and oxygen atoms in total. The average molecular weight is 371 g/mol. The predicted octanol–water partition coefficient (Wildman–Crippen LogP) is 1.29. The van der Waals surface area contributed by atoms with E-state index in [0.717, 1.165) is 24.1 Å². The summed E-state index contributed by atoms with van der Waals surface area (Å²) in [4.78, 5) is 33.2. The van der Waals surface area contributed by atoms with E-state index in [-0.39, 0.29) is 18.0 Å². The number of nitrogens with one attached hydrogen (secondary N) is 1. The van der Waals surface area contributed by atoms with Crippen LogP contribution in [0.5, 0.6) is 0 Å². The molecule has 0 saturated carbocycles. The van der Waals surface area contributed by atoms with E-state index in [9.17, 15) is 9.59 Å². The average Bonchev–Trinajstić information content (AvgIpc) is 3.12. The number of imidazole rings is 1. The fraction of sp³-hybridized carbons (Fsp3) is 0.526. The first-order valence-electron chi connectivity index (χ1n) is 9.48. The van der Waals surface area contributed by atoms with Gasteiger partial charge in [-0.05, 0) is 31.4 Å². The van der Waals surface area contributed by atoms with Crippen LogP contribution in [0.15, 0.2) is 24.5 Å². The Morgan fingerprint density at radius 3 is 2.52 bits per heavy atom. The fourth-order valence-electron chi connectivity index (χ4n) is 3.64. The number of ether oxygens (including phenoxy) is 1. The normalized spacial score (nSPS) is 18.7. The van der Waals surface area contributed by atoms with Crippen LogP contribution in [0, 0.1) is 6.92 Å². The lowest BCUT2D eigenvalue weighted by Crippen LogP contribution is -2.52. The van der Waals surface area contributed by atoms with Gasteiger partial charge >= 0.3 is 6.03 Å². The van der Waals surface area contributed by atoms with Crippen LogP contribution in [-0.2, 0) is 4.74 Å². The molecule has 2 aromatic rings. The molecule has 0 unspecified atom stereocenters. The summed E-state index contributed by atoms with van der Waals surface area (Å²) in [5.41, 5.74) is 2.30. The number of nitrogens with zero attached hydrogens (tertiary/aromatic N) is 4. The lowest BCUT2D eigenvalue weighted by atomic mass is 10.1. The minimum Gasteiger partial charge on any atom is -0.378 e. The Labute approximate surface area is 158 Å². The number of piperidine rings is 1. The molecule has 2 aliphatic rings. The number of fused-ring (bicyclic) bond motifs is 1. The van der Waals surface area contributed by atoms with Crippen molar-refractivity contribution in [3.05, 3.63) is 35.8 Å². The van der Waals surface area contributed by atoms with Crippen LogP contribution in [0.4, 0.5) is 4.79 Å². The number of rotatable bonds is 2. The van der Waals surface area contributed by atoms with E-state index in [1.165, 1.54) is 0 Å². The molecule has 0 atom stereocenters. The van der Waals surface area contributed by atoms with Crippen molar-refractivity contribution in [2.24, 2.45) is 0 Å². The second-order valence-electron chi connectivity index (χ2n) is 7.21. The molecule has 2 aromatic heterocycles. The molecule has 3 amide bonds. The van der Waals surface area contributed by atoms with Gasteiger partial charge in [0.2, 0.25) is 0 Å². The molecule has 2 saturated heterocycles. The number of morpholine rings is 1. The molecular weight excluding hydrogens is 346 g/mol. The first-order chi connectivity index (χ1) is 13.1. The van der Waals surface area contributed by atoms with Crippen LogP contribution in [0.2, 0.25) is 0 Å². The van der Waals surface area contributed by atoms with Gasteiger partial charge in [0.05, 0.1) is 13.2 Å². The molecule has 4 heterocycles. The SMILES string of the molecule is Cc1ccc2nc(C(=O)NC3CCN(C(=O)N4CCOCC4)CC3)cn2c1. The summed E-state index contributed by atoms with van der Waals surface area (Å²) >= 11 is 0. The van der Waals surface area contributed by atoms with Gasteiger partial charge in [0, 0.05) is 44.6 Å². The topological polar surface area (TPSA) is 79.2 Å². The maximum atomic E-state index is 12.5. The Morgan fingerprint density at radius 1 is 1.07 bits per heavy atom. The number of pyridine rings is 1. The third-order valence-corrected chi connectivity index (χ3v) is 5.21. The van der Waals surface area contributed by atoms with Crippen LogP contribution >= 0.6 is 0 Å². The molecule has 0 aliphatic carbocycles. The number of likely N-dealkylation sites (tertiary alicyclic amines) is 1. The number of urea groups is 1. The smallest absolute Gasteiger partial charge is 0.320 e. The zero-order valence-corrected chi connectivity index (χ0v) is 15.6. The summed E-state index contributed by atoms with van der Waals surface area (Å²) in [5.74, 6) is -0.158. The van der Waals surface area contributed by atoms with Crippen molar-refractivity contribution in [3.8, 4) is 0 Å². The number of hydrogen-bond donors (Lipinski definition) is 1. The molecule has 2 aliphatic heterocycles. The summed E-state index contributed by atoms with van der Waals surface area (Å²) in [6.45, 7) is 5.85. The molecule has 4 rings (SSSR count). The highest BCUT2D eigenvalue weighted by Crippen LogP contribution is 2.14. The standard InChI is InChI=1S/C19H25N5O3/c1-14-2-3-17-21-16(13-24(17)12-14)18(25)20-15-4-6-22(7-5-15)19(26)23-8-10-27-11-9-23/h2-3,12-13,15H,4-11H2,1H3,(H,20,25). The fourth-order valence-corrected chi connectivity index (χ4v) is 3.64. The molecule has 27 heavy (non-hydrogen) atoms. The largest absolute Gasteiger partial charge is 0.378 e. The summed E-state index contributed by atoms with van der Waals surface area (Å²) in [6.07, 6.45) is 5.23. The lowest BCUT2D eigenvalue weighted by molar-refractivity contribution is 0.0407. The van der Waals surface area contributed by atoms with Crippen molar-refractivity contribution < 1.29 is 14.3 Å². The maximum Gasteiger partial charge on any atom is 0.320 e. The van der Waals surface area contributed by atoms with Gasteiger partial charge in [-0.25, -0.2) is 9.78 Å². The van der Waals surface area contributed by atoms with Crippen LogP contribution in [0.3, 0.4) is 0 Å². The Hall–Kier alpha value is -2.61. The minimum atomic E-state index is -0.158. The van der Waals surface area contributed by atoms with Gasteiger partial charge in [0.15, 0.2) is 0 Å². The van der Waals surface area contributed by atoms with E-state index < -0.39 is 0 Å². The highest BCUT2D eigenvalue weighted by molar-refractivity contribution is 5.93. The van der Waals surface area contributed by atoms with Crippen molar-refractivity contribution in [2.75, 3.05) is 39.4 Å². The molecule has 0 aromatic carbocycles. The van der Waals surface area contributed by atoms with Gasteiger partial charge in [0.25, 0.3) is 5.91 Å². The van der Waals surface area contributed by atoms with Crippen LogP contribution in [-0.4, -0.2) is 76.6 Å². The van der Waals surface area contributed by atoms with Crippen molar-refractivity contribution in [1.29, 1.82) is 0 Å². The Kier molecular flexibility index (Phi) is 4.98. The van der Waals surface area contributed by atoms with E-state index in [1.807, 2.05) is 39.5 Å². The maximum absolute atomic E-state index is 12.5. The predicted molar refractivity (Wildman–Crippen MR) is 99.8 cm³/mol. The van der Waals surface area contributed by atoms with Crippen molar-refractivity contribution in [1.82, 2.24) is 24.5 Å². The summed E-state index contributed by atoms with van der Waals surface area (Å²) in [6, 6.07) is 4.03. The molecule has 144 valence electrons. The number of carbonyl (C=O) groups is 2. The van der Waals surface area contributed by atoms with E-state index >= 15 is 0 Å². The number of aromatic nitrogens is 2. The first kappa shape index (κ1) is 17.8. The molecule has 2 fully saturated rings. The van der Waals surface area contributed by atoms with Crippen molar-refractivity contribution >= 4 is 17.6 Å². The molecular formula is C19H25N5O3. The molecule has 8 heteroatoms. The minimum absolute atomic E-state index is 0.0674. The van der Waals surface area contributed by atoms with Crippen molar-refractivity contribution in [2.45, 2.75) is 25.8 Å². The molecule has 0 bridgehead atoms. The summed E-state index contributed by atoms with van der Waals surface area (Å²) in [7, 11) is 0. The highest BCUT2D eigenvalue weighted by atomic mass is 16.5. The molecule has 0 radical (unpaired) electrons. The van der Waals surface area contributed by atoms with E-state index in [4.69, 9.17) is 4.74 Å². The van der Waals surface area contributed by atoms with E-state index in [0.29, 0.717) is 45.1 Å². The Bertz CT molecular complexity index is 835. The van der Waals surface area contributed by atoms with Gasteiger partial charge < -0.3 is 24.3 Å². The first-order valence-corrected chi connectivity index (χ1v) is 9.48. The van der Waals surface area contributed by atoms with Gasteiger partial charge in [-0.2, -0.15) is 0 Å². The number of amides is 3. The van der Waals surface area contributed by atoms with Crippen molar-refractivity contribution in [3.63, 3.8) is 0 Å². The van der Waals surface area contributed by atoms with Crippen LogP contribution < -0.4 is 5.32 Å². The molecule has 1 N–H and O–H groups in total. The quantitative estimate of drug-likeness (QED) is 0.863. The summed E-state index contributed by atoms with van der Waals surface area (Å²) in [5, 5.41) is 3.06. The molecule has 0 spiro atoms. The van der Waals surface area contributed by atoms with Crippen LogP contribution in [0.25, 0.3) is 5.65 Å². The van der Waals surface area contributed by atoms with Gasteiger partial charge in [0.1, 0.15) is 11.3 Å². The number of aryl methyl sites for hydroxylation is 1. The monoisotopic (exact) mass is 371 g/mol. The van der Waals surface area contributed by atoms with Gasteiger partial charge in [-0.1, -0.05) is 6.07 Å². The zero-order valence-electron chi connectivity index (χ0n) is 15.6. The Morgan fingerprint density at radius 2 is 1.78 bits per heavy atom. The third-order valence-electron chi connectivity index (χ3n) is 5.21. The van der Waals surface area contributed by atoms with Crippen LogP contribution in [0.1, 0.15) is 28.9 Å².